The smallest absolute Gasteiger partial charge is 0.253 e. The Bertz CT molecular complexity index is 887. The van der Waals surface area contributed by atoms with E-state index in [1.54, 1.807) is 26.1 Å². The normalized spacial score (nSPS) is 10.7. The van der Waals surface area contributed by atoms with Crippen LogP contribution in [-0.4, -0.2) is 57.7 Å². The molecule has 0 radical (unpaired) electrons. The average Bonchev–Trinajstić information content (AvgIpc) is 2.77. The van der Waals surface area contributed by atoms with Gasteiger partial charge in [0.15, 0.2) is 17.5 Å². The van der Waals surface area contributed by atoms with E-state index in [1.165, 1.54) is 0 Å². The van der Waals surface area contributed by atoms with E-state index in [0.29, 0.717) is 25.3 Å². The molecule has 2 N–H and O–H groups in total. The molecule has 0 aliphatic heterocycles. The summed E-state index contributed by atoms with van der Waals surface area (Å²) in [4.78, 5) is 18.4. The van der Waals surface area contributed by atoms with E-state index >= 15 is 0 Å². The maximum atomic E-state index is 12.2. The van der Waals surface area contributed by atoms with Crippen LogP contribution in [0.3, 0.4) is 0 Å². The molecular weight excluding hydrogens is 519 g/mol. The average molecular weight is 554 g/mol. The second kappa shape index (κ2) is 14.5. The van der Waals surface area contributed by atoms with Crippen LogP contribution in [0.2, 0.25) is 0 Å². The van der Waals surface area contributed by atoms with Gasteiger partial charge in [-0.25, -0.2) is 4.99 Å². The van der Waals surface area contributed by atoms with Gasteiger partial charge in [0.1, 0.15) is 0 Å². The van der Waals surface area contributed by atoms with Crippen LogP contribution in [0.4, 0.5) is 0 Å². The van der Waals surface area contributed by atoms with Gasteiger partial charge in [0.25, 0.3) is 5.91 Å². The van der Waals surface area contributed by atoms with Crippen molar-refractivity contribution in [1.29, 1.82) is 0 Å². The number of hydrogen-bond donors (Lipinski definition) is 2. The van der Waals surface area contributed by atoms with Crippen molar-refractivity contribution in [3.05, 3.63) is 59.2 Å². The maximum absolute atomic E-state index is 12.2. The highest BCUT2D eigenvalue weighted by molar-refractivity contribution is 14.0. The van der Waals surface area contributed by atoms with Crippen molar-refractivity contribution in [3.63, 3.8) is 0 Å². The lowest BCUT2D eigenvalue weighted by Crippen LogP contribution is -2.38. The van der Waals surface area contributed by atoms with E-state index in [2.05, 4.69) is 15.6 Å². The standard InChI is InChI=1S/C24H34N4O3.HI/c1-6-25-24(27-17-19-11-12-21(30-5)22(16-19)31-7-2)26-14-13-18-9-8-10-20(15-18)23(29)28(3)4;/h8-12,15-16H,6-7,13-14,17H2,1-5H3,(H2,25,26,27);1H. The minimum absolute atomic E-state index is 0. The van der Waals surface area contributed by atoms with Gasteiger partial charge >= 0.3 is 0 Å². The number of carbonyl (C=O) groups is 1. The summed E-state index contributed by atoms with van der Waals surface area (Å²) < 4.78 is 11.0. The number of rotatable bonds is 10. The van der Waals surface area contributed by atoms with Crippen molar-refractivity contribution in [1.82, 2.24) is 15.5 Å². The number of guanidine groups is 1. The summed E-state index contributed by atoms with van der Waals surface area (Å²) in [6.45, 7) is 6.56. The minimum atomic E-state index is 0. The SMILES string of the molecule is CCNC(=NCc1ccc(OC)c(OCC)c1)NCCc1cccc(C(=O)N(C)C)c1.I. The van der Waals surface area contributed by atoms with Crippen LogP contribution in [0.5, 0.6) is 11.5 Å². The van der Waals surface area contributed by atoms with Gasteiger partial charge in [-0.05, 0) is 55.7 Å². The molecule has 0 aliphatic rings. The molecule has 0 fully saturated rings. The Hall–Kier alpha value is -2.49. The zero-order chi connectivity index (χ0) is 22.6. The molecule has 32 heavy (non-hydrogen) atoms. The Morgan fingerprint density at radius 2 is 1.81 bits per heavy atom. The molecule has 0 bridgehead atoms. The lowest BCUT2D eigenvalue weighted by atomic mass is 10.1. The van der Waals surface area contributed by atoms with Crippen molar-refractivity contribution in [2.45, 2.75) is 26.8 Å². The van der Waals surface area contributed by atoms with Crippen LogP contribution in [-0.2, 0) is 13.0 Å². The van der Waals surface area contributed by atoms with Crippen molar-refractivity contribution < 1.29 is 14.3 Å². The first-order valence-corrected chi connectivity index (χ1v) is 10.6. The Morgan fingerprint density at radius 3 is 2.47 bits per heavy atom. The second-order valence-corrected chi connectivity index (χ2v) is 7.19. The van der Waals surface area contributed by atoms with Crippen molar-refractivity contribution in [3.8, 4) is 11.5 Å². The molecule has 2 aromatic rings. The molecule has 0 saturated heterocycles. The van der Waals surface area contributed by atoms with E-state index in [1.807, 2.05) is 56.3 Å². The Balaban J connectivity index is 0.00000512. The molecule has 0 aromatic heterocycles. The quantitative estimate of drug-likeness (QED) is 0.266. The molecular formula is C24H35IN4O3. The molecule has 2 rings (SSSR count). The van der Waals surface area contributed by atoms with E-state index < -0.39 is 0 Å². The van der Waals surface area contributed by atoms with E-state index in [4.69, 9.17) is 9.47 Å². The lowest BCUT2D eigenvalue weighted by molar-refractivity contribution is 0.0827. The molecule has 2 aromatic carbocycles. The summed E-state index contributed by atoms with van der Waals surface area (Å²) in [7, 11) is 5.15. The molecule has 176 valence electrons. The monoisotopic (exact) mass is 554 g/mol. The number of halogens is 1. The van der Waals surface area contributed by atoms with E-state index in [-0.39, 0.29) is 29.9 Å². The van der Waals surface area contributed by atoms with Gasteiger partial charge in [0.05, 0.1) is 20.3 Å². The molecule has 0 spiro atoms. The minimum Gasteiger partial charge on any atom is -0.493 e. The fourth-order valence-corrected chi connectivity index (χ4v) is 3.04. The van der Waals surface area contributed by atoms with Crippen molar-refractivity contribution in [2.75, 3.05) is 40.9 Å². The summed E-state index contributed by atoms with van der Waals surface area (Å²) >= 11 is 0. The van der Waals surface area contributed by atoms with Gasteiger partial charge in [-0.3, -0.25) is 4.79 Å². The lowest BCUT2D eigenvalue weighted by Gasteiger charge is -2.13. The van der Waals surface area contributed by atoms with Crippen LogP contribution in [0, 0.1) is 0 Å². The molecule has 0 atom stereocenters. The third-order valence-electron chi connectivity index (χ3n) is 4.58. The predicted octanol–water partition coefficient (Wildman–Crippen LogP) is 3.71. The largest absolute Gasteiger partial charge is 0.493 e. The highest BCUT2D eigenvalue weighted by Crippen LogP contribution is 2.28. The molecule has 0 aliphatic carbocycles. The first kappa shape index (κ1) is 27.5. The first-order chi connectivity index (χ1) is 15.0. The van der Waals surface area contributed by atoms with Crippen LogP contribution in [0.25, 0.3) is 0 Å². The number of nitrogens with zero attached hydrogens (tertiary/aromatic N) is 2. The van der Waals surface area contributed by atoms with Crippen LogP contribution in [0.15, 0.2) is 47.5 Å². The number of hydrogen-bond acceptors (Lipinski definition) is 4. The second-order valence-electron chi connectivity index (χ2n) is 7.19. The summed E-state index contributed by atoms with van der Waals surface area (Å²) in [6.07, 6.45) is 0.788. The molecule has 1 amide bonds. The Kier molecular flexibility index (Phi) is 12.5. The Labute approximate surface area is 208 Å². The third kappa shape index (κ3) is 8.57. The van der Waals surface area contributed by atoms with Crippen LogP contribution in [0.1, 0.15) is 35.3 Å². The van der Waals surface area contributed by atoms with E-state index in [9.17, 15) is 4.79 Å². The summed E-state index contributed by atoms with van der Waals surface area (Å²) in [5.74, 6) is 2.20. The van der Waals surface area contributed by atoms with Gasteiger partial charge < -0.3 is 25.0 Å². The third-order valence-corrected chi connectivity index (χ3v) is 4.58. The topological polar surface area (TPSA) is 75.2 Å². The number of ether oxygens (including phenoxy) is 2. The molecule has 7 nitrogen and oxygen atoms in total. The predicted molar refractivity (Wildman–Crippen MR) is 141 cm³/mol. The van der Waals surface area contributed by atoms with Gasteiger partial charge in [0.2, 0.25) is 0 Å². The summed E-state index contributed by atoms with van der Waals surface area (Å²) in [5.41, 5.74) is 2.84. The zero-order valence-electron chi connectivity index (χ0n) is 19.6. The number of benzene rings is 2. The van der Waals surface area contributed by atoms with Gasteiger partial charge in [0, 0.05) is 32.7 Å². The Morgan fingerprint density at radius 1 is 1.03 bits per heavy atom. The van der Waals surface area contributed by atoms with Crippen LogP contribution >= 0.6 is 24.0 Å². The number of methoxy groups -OCH3 is 1. The zero-order valence-corrected chi connectivity index (χ0v) is 21.9. The van der Waals surface area contributed by atoms with Crippen molar-refractivity contribution in [2.24, 2.45) is 4.99 Å². The molecule has 8 heteroatoms. The maximum Gasteiger partial charge on any atom is 0.253 e. The number of carbonyl (C=O) groups excluding carboxylic acids is 1. The van der Waals surface area contributed by atoms with E-state index in [0.717, 1.165) is 41.6 Å². The van der Waals surface area contributed by atoms with Crippen LogP contribution < -0.4 is 20.1 Å². The summed E-state index contributed by atoms with van der Waals surface area (Å²) in [6, 6.07) is 13.6. The molecule has 0 unspecified atom stereocenters. The first-order valence-electron chi connectivity index (χ1n) is 10.6. The fourth-order valence-electron chi connectivity index (χ4n) is 3.04. The highest BCUT2D eigenvalue weighted by atomic mass is 127. The molecule has 0 saturated carbocycles. The number of amides is 1. The number of aliphatic imine (C=N–C) groups is 1. The number of nitrogens with one attached hydrogen (secondary N) is 2. The van der Waals surface area contributed by atoms with Gasteiger partial charge in [-0.1, -0.05) is 18.2 Å². The van der Waals surface area contributed by atoms with Gasteiger partial charge in [-0.15, -0.1) is 24.0 Å². The molecule has 0 heterocycles. The van der Waals surface area contributed by atoms with Crippen molar-refractivity contribution >= 4 is 35.8 Å². The summed E-state index contributed by atoms with van der Waals surface area (Å²) in [5, 5.41) is 6.63. The fraction of sp³-hybridized carbons (Fsp3) is 0.417. The van der Waals surface area contributed by atoms with Gasteiger partial charge in [-0.2, -0.15) is 0 Å². The highest BCUT2D eigenvalue weighted by Gasteiger charge is 2.08.